The number of rotatable bonds is 8. The van der Waals surface area contributed by atoms with Gasteiger partial charge in [0.15, 0.2) is 6.10 Å². The molecular formula is C25H33NO2. The summed E-state index contributed by atoms with van der Waals surface area (Å²) in [5, 5.41) is 3.23. The van der Waals surface area contributed by atoms with E-state index in [1.807, 2.05) is 31.2 Å². The Morgan fingerprint density at radius 2 is 1.75 bits per heavy atom. The zero-order chi connectivity index (χ0) is 19.9. The van der Waals surface area contributed by atoms with Crippen LogP contribution in [0.1, 0.15) is 69.2 Å². The van der Waals surface area contributed by atoms with Crippen LogP contribution in [0.5, 0.6) is 5.75 Å². The van der Waals surface area contributed by atoms with E-state index < -0.39 is 6.10 Å². The summed E-state index contributed by atoms with van der Waals surface area (Å²) in [6.07, 6.45) is 5.85. The van der Waals surface area contributed by atoms with Gasteiger partial charge in [-0.2, -0.15) is 0 Å². The van der Waals surface area contributed by atoms with Gasteiger partial charge < -0.3 is 10.1 Å². The average molecular weight is 380 g/mol. The van der Waals surface area contributed by atoms with E-state index >= 15 is 0 Å². The van der Waals surface area contributed by atoms with Crippen molar-refractivity contribution in [2.24, 2.45) is 5.92 Å². The first-order valence-electron chi connectivity index (χ1n) is 10.7. The number of carbonyl (C=O) groups excluding carboxylic acids is 1. The maximum Gasteiger partial charge on any atom is 0.261 e. The van der Waals surface area contributed by atoms with E-state index in [9.17, 15) is 4.79 Å². The summed E-state index contributed by atoms with van der Waals surface area (Å²) >= 11 is 0. The zero-order valence-corrected chi connectivity index (χ0v) is 17.4. The van der Waals surface area contributed by atoms with Crippen molar-refractivity contribution < 1.29 is 9.53 Å². The minimum Gasteiger partial charge on any atom is -0.481 e. The Kier molecular flexibility index (Phi) is 7.13. The number of fused-ring (bicyclic) bond motifs is 1. The van der Waals surface area contributed by atoms with Gasteiger partial charge >= 0.3 is 0 Å². The number of carbonyl (C=O) groups is 1. The Morgan fingerprint density at radius 3 is 2.43 bits per heavy atom. The second-order valence-corrected chi connectivity index (χ2v) is 8.25. The molecule has 0 aromatic heterocycles. The maximum absolute atomic E-state index is 13.0. The highest BCUT2D eigenvalue weighted by atomic mass is 16.5. The molecule has 150 valence electrons. The van der Waals surface area contributed by atoms with E-state index in [1.165, 1.54) is 24.0 Å². The Labute approximate surface area is 169 Å². The van der Waals surface area contributed by atoms with Crippen molar-refractivity contribution in [3.63, 3.8) is 0 Å². The topological polar surface area (TPSA) is 38.3 Å². The summed E-state index contributed by atoms with van der Waals surface area (Å²) in [6.45, 7) is 6.37. The molecule has 3 nitrogen and oxygen atoms in total. The van der Waals surface area contributed by atoms with Crippen LogP contribution in [0.25, 0.3) is 0 Å². The number of aryl methyl sites for hydroxylation is 2. The molecule has 0 bridgehead atoms. The second kappa shape index (κ2) is 9.77. The molecular weight excluding hydrogens is 346 g/mol. The van der Waals surface area contributed by atoms with E-state index in [-0.39, 0.29) is 11.9 Å². The van der Waals surface area contributed by atoms with Crippen molar-refractivity contribution in [3.8, 4) is 5.75 Å². The molecule has 1 aliphatic carbocycles. The fourth-order valence-electron chi connectivity index (χ4n) is 3.97. The van der Waals surface area contributed by atoms with Crippen molar-refractivity contribution in [2.45, 2.75) is 71.4 Å². The molecule has 0 heterocycles. The highest BCUT2D eigenvalue weighted by Gasteiger charge is 2.23. The molecule has 1 aliphatic rings. The number of benzene rings is 2. The second-order valence-electron chi connectivity index (χ2n) is 8.25. The Hall–Kier alpha value is -2.29. The molecule has 0 fully saturated rings. The molecule has 1 amide bonds. The van der Waals surface area contributed by atoms with Gasteiger partial charge in [-0.25, -0.2) is 0 Å². The molecule has 2 atom stereocenters. The maximum atomic E-state index is 13.0. The van der Waals surface area contributed by atoms with Gasteiger partial charge in [-0.05, 0) is 73.3 Å². The van der Waals surface area contributed by atoms with Crippen LogP contribution in [0.2, 0.25) is 0 Å². The SMILES string of the molecule is CCC(Oc1ccc2c(c1)CCCC2)C(=O)NC(CC(C)C)c1ccccc1. The van der Waals surface area contributed by atoms with Gasteiger partial charge in [0.2, 0.25) is 0 Å². The first-order chi connectivity index (χ1) is 13.6. The summed E-state index contributed by atoms with van der Waals surface area (Å²) in [5.41, 5.74) is 3.95. The molecule has 0 aliphatic heterocycles. The lowest BCUT2D eigenvalue weighted by atomic mass is 9.92. The minimum atomic E-state index is -0.472. The van der Waals surface area contributed by atoms with E-state index in [0.717, 1.165) is 30.6 Å². The molecule has 2 aromatic rings. The number of hydrogen-bond donors (Lipinski definition) is 1. The lowest BCUT2D eigenvalue weighted by Gasteiger charge is -2.25. The van der Waals surface area contributed by atoms with Crippen LogP contribution in [-0.2, 0) is 17.6 Å². The summed E-state index contributed by atoms with van der Waals surface area (Å²) in [5.74, 6) is 1.27. The summed E-state index contributed by atoms with van der Waals surface area (Å²) < 4.78 is 6.12. The Bertz CT molecular complexity index is 769. The molecule has 0 spiro atoms. The fourth-order valence-corrected chi connectivity index (χ4v) is 3.97. The van der Waals surface area contributed by atoms with Crippen molar-refractivity contribution in [1.29, 1.82) is 0 Å². The number of ether oxygens (including phenoxy) is 1. The highest BCUT2D eigenvalue weighted by Crippen LogP contribution is 2.27. The van der Waals surface area contributed by atoms with Crippen LogP contribution < -0.4 is 10.1 Å². The third-order valence-corrected chi connectivity index (χ3v) is 5.49. The Balaban J connectivity index is 1.69. The van der Waals surface area contributed by atoms with Crippen LogP contribution in [0.15, 0.2) is 48.5 Å². The third kappa shape index (κ3) is 5.37. The van der Waals surface area contributed by atoms with Crippen LogP contribution in [0.3, 0.4) is 0 Å². The molecule has 0 radical (unpaired) electrons. The lowest BCUT2D eigenvalue weighted by Crippen LogP contribution is -2.40. The molecule has 2 aromatic carbocycles. The smallest absolute Gasteiger partial charge is 0.261 e. The van der Waals surface area contributed by atoms with Crippen molar-refractivity contribution >= 4 is 5.91 Å². The van der Waals surface area contributed by atoms with E-state index in [1.54, 1.807) is 0 Å². The predicted octanol–water partition coefficient (Wildman–Crippen LogP) is 5.63. The van der Waals surface area contributed by atoms with Gasteiger partial charge in [0.05, 0.1) is 6.04 Å². The summed E-state index contributed by atoms with van der Waals surface area (Å²) in [7, 11) is 0. The van der Waals surface area contributed by atoms with Crippen molar-refractivity contribution in [2.75, 3.05) is 0 Å². The van der Waals surface area contributed by atoms with Gasteiger partial charge in [0.1, 0.15) is 5.75 Å². The van der Waals surface area contributed by atoms with Gasteiger partial charge in [0.25, 0.3) is 5.91 Å². The molecule has 3 rings (SSSR count). The average Bonchev–Trinajstić information content (AvgIpc) is 2.71. The van der Waals surface area contributed by atoms with Gasteiger partial charge in [-0.1, -0.05) is 57.2 Å². The predicted molar refractivity (Wildman–Crippen MR) is 115 cm³/mol. The first-order valence-corrected chi connectivity index (χ1v) is 10.7. The molecule has 2 unspecified atom stereocenters. The Morgan fingerprint density at radius 1 is 1.04 bits per heavy atom. The van der Waals surface area contributed by atoms with E-state index in [2.05, 4.69) is 43.4 Å². The highest BCUT2D eigenvalue weighted by molar-refractivity contribution is 5.81. The number of hydrogen-bond acceptors (Lipinski definition) is 2. The quantitative estimate of drug-likeness (QED) is 0.646. The van der Waals surface area contributed by atoms with E-state index in [0.29, 0.717) is 12.3 Å². The van der Waals surface area contributed by atoms with Gasteiger partial charge in [-0.15, -0.1) is 0 Å². The van der Waals surface area contributed by atoms with Crippen molar-refractivity contribution in [3.05, 3.63) is 65.2 Å². The van der Waals surface area contributed by atoms with Gasteiger partial charge in [0, 0.05) is 0 Å². The zero-order valence-electron chi connectivity index (χ0n) is 17.4. The van der Waals surface area contributed by atoms with Crippen LogP contribution >= 0.6 is 0 Å². The molecule has 3 heteroatoms. The largest absolute Gasteiger partial charge is 0.481 e. The number of nitrogens with one attached hydrogen (secondary N) is 1. The van der Waals surface area contributed by atoms with E-state index in [4.69, 9.17) is 4.74 Å². The minimum absolute atomic E-state index is 0.00915. The lowest BCUT2D eigenvalue weighted by molar-refractivity contribution is -0.129. The molecule has 0 saturated carbocycles. The van der Waals surface area contributed by atoms with Crippen LogP contribution in [0, 0.1) is 5.92 Å². The van der Waals surface area contributed by atoms with Crippen LogP contribution in [-0.4, -0.2) is 12.0 Å². The summed E-state index contributed by atoms with van der Waals surface area (Å²) in [6, 6.07) is 16.5. The molecule has 1 N–H and O–H groups in total. The van der Waals surface area contributed by atoms with Gasteiger partial charge in [-0.3, -0.25) is 4.79 Å². The number of amides is 1. The molecule has 28 heavy (non-hydrogen) atoms. The first kappa shape index (κ1) is 20.4. The fraction of sp³-hybridized carbons (Fsp3) is 0.480. The van der Waals surface area contributed by atoms with Crippen molar-refractivity contribution in [1.82, 2.24) is 5.32 Å². The van der Waals surface area contributed by atoms with Crippen LogP contribution in [0.4, 0.5) is 0 Å². The molecule has 0 saturated heterocycles. The monoisotopic (exact) mass is 379 g/mol. The normalized spacial score (nSPS) is 15.6. The standard InChI is InChI=1S/C25H33NO2/c1-4-24(28-22-15-14-19-10-8-9-13-21(19)17-22)25(27)26-23(16-18(2)3)20-11-6-5-7-12-20/h5-7,11-12,14-15,17-18,23-24H,4,8-10,13,16H2,1-3H3,(H,26,27). The third-order valence-electron chi connectivity index (χ3n) is 5.49. The summed E-state index contributed by atoms with van der Waals surface area (Å²) in [4.78, 5) is 13.0.